The molecule has 1 fully saturated rings. The first kappa shape index (κ1) is 21.8. The molecule has 0 bridgehead atoms. The van der Waals surface area contributed by atoms with Gasteiger partial charge in [0, 0.05) is 29.6 Å². The van der Waals surface area contributed by atoms with E-state index in [0.29, 0.717) is 16.8 Å². The zero-order valence-electron chi connectivity index (χ0n) is 16.8. The van der Waals surface area contributed by atoms with Crippen LogP contribution in [0.1, 0.15) is 5.56 Å². The van der Waals surface area contributed by atoms with Crippen LogP contribution in [-0.2, 0) is 11.3 Å². The van der Waals surface area contributed by atoms with Crippen LogP contribution in [0.5, 0.6) is 6.01 Å². The first-order valence-electron chi connectivity index (χ1n) is 9.61. The summed E-state index contributed by atoms with van der Waals surface area (Å²) >= 11 is 0.960. The molecule has 0 spiro atoms. The molecule has 0 amide bonds. The Morgan fingerprint density at radius 1 is 1.16 bits per heavy atom. The van der Waals surface area contributed by atoms with Crippen molar-refractivity contribution in [1.82, 2.24) is 19.7 Å². The Kier molecular flexibility index (Phi) is 6.37. The maximum Gasteiger partial charge on any atom is 0.316 e. The monoisotopic (exact) mass is 454 g/mol. The van der Waals surface area contributed by atoms with Gasteiger partial charge in [-0.05, 0) is 6.07 Å². The first-order valence-corrected chi connectivity index (χ1v) is 10.4. The molecule has 32 heavy (non-hydrogen) atoms. The van der Waals surface area contributed by atoms with Crippen molar-refractivity contribution in [2.24, 2.45) is 0 Å². The van der Waals surface area contributed by atoms with Crippen LogP contribution >= 0.6 is 11.8 Å². The van der Waals surface area contributed by atoms with Crippen molar-refractivity contribution in [2.75, 3.05) is 19.8 Å². The fourth-order valence-corrected chi connectivity index (χ4v) is 3.47. The second-order valence-corrected chi connectivity index (χ2v) is 8.23. The van der Waals surface area contributed by atoms with Crippen LogP contribution in [0, 0.1) is 10.8 Å². The number of nitrogens with one attached hydrogen (secondary N) is 2. The van der Waals surface area contributed by atoms with Gasteiger partial charge in [-0.3, -0.25) is 15.6 Å². The van der Waals surface area contributed by atoms with Crippen molar-refractivity contribution in [3.8, 4) is 17.3 Å². The molecule has 2 aromatic heterocycles. The lowest BCUT2D eigenvalue weighted by molar-refractivity contribution is -0.147. The van der Waals surface area contributed by atoms with Gasteiger partial charge in [0.1, 0.15) is 11.7 Å². The maximum atomic E-state index is 13.9. The highest BCUT2D eigenvalue weighted by Gasteiger charge is 2.40. The average molecular weight is 454 g/mol. The molecule has 3 aromatic rings. The molecule has 0 unspecified atom stereocenters. The molecule has 11 heteroatoms. The number of nitrogens with zero attached hydrogens (tertiary/aromatic N) is 4. The van der Waals surface area contributed by atoms with Crippen LogP contribution in [0.2, 0.25) is 0 Å². The number of aromatic nitrogens is 4. The molecule has 4 rings (SSSR count). The number of thioether (sulfide) groups is 1. The molecule has 9 nitrogen and oxygen atoms in total. The molecule has 0 aliphatic carbocycles. The number of ether oxygens (including phenoxy) is 2. The van der Waals surface area contributed by atoms with E-state index in [1.807, 2.05) is 18.2 Å². The molecular formula is C21H19FN6O3S. The van der Waals surface area contributed by atoms with Gasteiger partial charge in [-0.2, -0.15) is 5.10 Å². The Morgan fingerprint density at radius 2 is 1.88 bits per heavy atom. The van der Waals surface area contributed by atoms with E-state index in [1.165, 1.54) is 24.5 Å². The summed E-state index contributed by atoms with van der Waals surface area (Å²) in [5.41, 5.74) is -0.217. The van der Waals surface area contributed by atoms with Crippen molar-refractivity contribution in [3.05, 3.63) is 70.8 Å². The highest BCUT2D eigenvalue weighted by molar-refractivity contribution is 8.26. The van der Waals surface area contributed by atoms with E-state index in [9.17, 15) is 9.18 Å². The third kappa shape index (κ3) is 5.24. The van der Waals surface area contributed by atoms with Crippen molar-refractivity contribution < 1.29 is 13.9 Å². The summed E-state index contributed by atoms with van der Waals surface area (Å²) in [6, 6.07) is 12.0. The lowest BCUT2D eigenvalue weighted by atomic mass is 10.1. The predicted molar refractivity (Wildman–Crippen MR) is 118 cm³/mol. The Morgan fingerprint density at radius 3 is 2.53 bits per heavy atom. The second-order valence-electron chi connectivity index (χ2n) is 7.12. The van der Waals surface area contributed by atoms with Crippen LogP contribution < -0.4 is 10.3 Å². The van der Waals surface area contributed by atoms with Crippen LogP contribution in [0.15, 0.2) is 59.7 Å². The molecule has 0 saturated carbocycles. The quantitative estimate of drug-likeness (QED) is 0.415. The summed E-state index contributed by atoms with van der Waals surface area (Å²) in [6.45, 7) is -0.272. The van der Waals surface area contributed by atoms with Crippen molar-refractivity contribution in [3.63, 3.8) is 0 Å². The van der Waals surface area contributed by atoms with Gasteiger partial charge in [0.25, 0.3) is 5.56 Å². The van der Waals surface area contributed by atoms with E-state index in [1.54, 1.807) is 12.1 Å². The minimum absolute atomic E-state index is 0.00530. The van der Waals surface area contributed by atoms with E-state index in [0.717, 1.165) is 16.4 Å². The topological polar surface area (TPSA) is 127 Å². The van der Waals surface area contributed by atoms with Crippen molar-refractivity contribution >= 4 is 21.8 Å². The number of alkyl halides is 1. The summed E-state index contributed by atoms with van der Waals surface area (Å²) in [6.07, 6.45) is 2.93. The third-order valence-corrected chi connectivity index (χ3v) is 5.34. The Balaban J connectivity index is 1.41. The van der Waals surface area contributed by atoms with Gasteiger partial charge >= 0.3 is 6.01 Å². The molecule has 1 saturated heterocycles. The molecule has 164 valence electrons. The van der Waals surface area contributed by atoms with E-state index in [-0.39, 0.29) is 48.0 Å². The van der Waals surface area contributed by atoms with Crippen LogP contribution in [0.4, 0.5) is 4.39 Å². The number of hydrogen-bond donors (Lipinski definition) is 2. The fourth-order valence-electron chi connectivity index (χ4n) is 2.78. The minimum atomic E-state index is -1.50. The maximum absolute atomic E-state index is 13.9. The van der Waals surface area contributed by atoms with E-state index in [4.69, 9.17) is 20.3 Å². The molecule has 2 N–H and O–H groups in total. The third-order valence-electron chi connectivity index (χ3n) is 4.53. The summed E-state index contributed by atoms with van der Waals surface area (Å²) in [7, 11) is 0. The number of hydrogen-bond acceptors (Lipinski definition) is 9. The zero-order valence-corrected chi connectivity index (χ0v) is 17.6. The molecule has 0 atom stereocenters. The normalized spacial score (nSPS) is 14.4. The molecule has 1 aromatic carbocycles. The van der Waals surface area contributed by atoms with Crippen LogP contribution in [-0.4, -0.2) is 55.3 Å². The molecule has 1 aliphatic rings. The Hall–Kier alpha value is -3.44. The van der Waals surface area contributed by atoms with Gasteiger partial charge in [-0.25, -0.2) is 19.0 Å². The average Bonchev–Trinajstić information content (AvgIpc) is 2.79. The SMILES string of the molecule is N=C(Cn1nc(-c2cnc(OCC3(F)COC3)nc2)ccc1=O)SC(=N)c1ccccc1. The number of rotatable bonds is 7. The Labute approximate surface area is 186 Å². The fraction of sp³-hybridized carbons (Fsp3) is 0.238. The van der Waals surface area contributed by atoms with Crippen molar-refractivity contribution in [2.45, 2.75) is 12.2 Å². The highest BCUT2D eigenvalue weighted by atomic mass is 32.2. The van der Waals surface area contributed by atoms with Gasteiger partial charge in [0.2, 0.25) is 0 Å². The number of benzene rings is 1. The summed E-state index contributed by atoms with van der Waals surface area (Å²) in [5, 5.41) is 20.9. The molecule has 1 aliphatic heterocycles. The van der Waals surface area contributed by atoms with Gasteiger partial charge in [-0.1, -0.05) is 42.1 Å². The van der Waals surface area contributed by atoms with Gasteiger partial charge in [-0.15, -0.1) is 0 Å². The van der Waals surface area contributed by atoms with Crippen molar-refractivity contribution in [1.29, 1.82) is 10.8 Å². The van der Waals surface area contributed by atoms with E-state index >= 15 is 0 Å². The van der Waals surface area contributed by atoms with Crippen LogP contribution in [0.3, 0.4) is 0 Å². The highest BCUT2D eigenvalue weighted by Crippen LogP contribution is 2.23. The van der Waals surface area contributed by atoms with Gasteiger partial charge in [0.05, 0.1) is 30.5 Å². The molecule has 0 radical (unpaired) electrons. The smallest absolute Gasteiger partial charge is 0.316 e. The van der Waals surface area contributed by atoms with Gasteiger partial charge < -0.3 is 9.47 Å². The summed E-state index contributed by atoms with van der Waals surface area (Å²) in [4.78, 5) is 20.3. The minimum Gasteiger partial charge on any atom is -0.460 e. The summed E-state index contributed by atoms with van der Waals surface area (Å²) in [5.74, 6) is 0. The first-order chi connectivity index (χ1) is 15.4. The Bertz CT molecular complexity index is 1180. The van der Waals surface area contributed by atoms with E-state index in [2.05, 4.69) is 15.1 Å². The molecular weight excluding hydrogens is 435 g/mol. The lowest BCUT2D eigenvalue weighted by Gasteiger charge is -2.32. The molecule has 3 heterocycles. The zero-order chi connectivity index (χ0) is 22.6. The van der Waals surface area contributed by atoms with Gasteiger partial charge in [0.15, 0.2) is 5.67 Å². The predicted octanol–water partition coefficient (Wildman–Crippen LogP) is 2.55. The largest absolute Gasteiger partial charge is 0.460 e. The van der Waals surface area contributed by atoms with Crippen LogP contribution in [0.25, 0.3) is 11.3 Å². The lowest BCUT2D eigenvalue weighted by Crippen LogP contribution is -2.50. The number of halogens is 1. The summed E-state index contributed by atoms with van der Waals surface area (Å²) < 4.78 is 25.2. The standard InChI is InChI=1S/C21H19FN6O3S/c22-21(11-30-12-21)13-31-20-25-8-15(9-26-20)16-6-7-18(29)28(27-16)10-17(23)32-19(24)14-4-2-1-3-5-14/h1-9,23-24H,10-13H2. The second kappa shape index (κ2) is 9.37. The van der Waals surface area contributed by atoms with E-state index < -0.39 is 5.67 Å².